The maximum absolute atomic E-state index is 12.5. The quantitative estimate of drug-likeness (QED) is 0.937. The van der Waals surface area contributed by atoms with Crippen molar-refractivity contribution in [3.63, 3.8) is 0 Å². The van der Waals surface area contributed by atoms with Gasteiger partial charge in [-0.3, -0.25) is 4.79 Å². The van der Waals surface area contributed by atoms with Crippen LogP contribution < -0.4 is 4.74 Å². The molecule has 1 fully saturated rings. The van der Waals surface area contributed by atoms with Crippen molar-refractivity contribution in [1.29, 1.82) is 0 Å². The molecular formula is C20H23NO3. The van der Waals surface area contributed by atoms with Gasteiger partial charge in [0.25, 0.3) is 5.91 Å². The Bertz CT molecular complexity index is 690. The zero-order chi connectivity index (χ0) is 16.9. The molecule has 4 nitrogen and oxygen atoms in total. The third-order valence-corrected chi connectivity index (χ3v) is 4.53. The summed E-state index contributed by atoms with van der Waals surface area (Å²) in [5, 5.41) is 10.5. The Morgan fingerprint density at radius 2 is 1.75 bits per heavy atom. The largest absolute Gasteiger partial charge is 0.497 e. The molecule has 0 bridgehead atoms. The van der Waals surface area contributed by atoms with E-state index in [-0.39, 0.29) is 5.91 Å². The molecular weight excluding hydrogens is 302 g/mol. The number of aliphatic hydroxyl groups is 1. The average Bonchev–Trinajstić information content (AvgIpc) is 2.67. The molecule has 1 saturated heterocycles. The number of rotatable bonds is 4. The molecule has 2 aromatic carbocycles. The molecule has 1 unspecified atom stereocenters. The second-order valence-electron chi connectivity index (χ2n) is 6.15. The van der Waals surface area contributed by atoms with Crippen LogP contribution >= 0.6 is 0 Å². The van der Waals surface area contributed by atoms with E-state index in [1.165, 1.54) is 6.42 Å². The first-order chi connectivity index (χ1) is 11.7. The van der Waals surface area contributed by atoms with Crippen LogP contribution in [0.2, 0.25) is 0 Å². The summed E-state index contributed by atoms with van der Waals surface area (Å²) in [6.45, 7) is 1.68. The minimum Gasteiger partial charge on any atom is -0.497 e. The number of carbonyl (C=O) groups is 1. The van der Waals surface area contributed by atoms with Gasteiger partial charge >= 0.3 is 0 Å². The van der Waals surface area contributed by atoms with Gasteiger partial charge in [0.2, 0.25) is 0 Å². The van der Waals surface area contributed by atoms with Gasteiger partial charge in [-0.1, -0.05) is 24.3 Å². The average molecular weight is 325 g/mol. The molecule has 1 aliphatic heterocycles. The van der Waals surface area contributed by atoms with Gasteiger partial charge in [-0.05, 0) is 54.7 Å². The van der Waals surface area contributed by atoms with E-state index < -0.39 is 6.10 Å². The number of methoxy groups -OCH3 is 1. The predicted octanol–water partition coefficient (Wildman–Crippen LogP) is 3.40. The van der Waals surface area contributed by atoms with Gasteiger partial charge in [0.1, 0.15) is 11.9 Å². The first-order valence-electron chi connectivity index (χ1n) is 8.40. The van der Waals surface area contributed by atoms with E-state index in [1.807, 2.05) is 41.3 Å². The SMILES string of the molecule is COc1cccc(C(O)c2ccc(C(=O)N3CCCCC3)cc2)c1. The van der Waals surface area contributed by atoms with Crippen LogP contribution in [0, 0.1) is 0 Å². The number of amides is 1. The molecule has 4 heteroatoms. The lowest BCUT2D eigenvalue weighted by molar-refractivity contribution is 0.0724. The predicted molar refractivity (Wildman–Crippen MR) is 93.3 cm³/mol. The van der Waals surface area contributed by atoms with Gasteiger partial charge in [-0.15, -0.1) is 0 Å². The highest BCUT2D eigenvalue weighted by atomic mass is 16.5. The van der Waals surface area contributed by atoms with Gasteiger partial charge in [0, 0.05) is 18.7 Å². The third-order valence-electron chi connectivity index (χ3n) is 4.53. The van der Waals surface area contributed by atoms with E-state index in [1.54, 1.807) is 19.2 Å². The number of hydrogen-bond donors (Lipinski definition) is 1. The maximum Gasteiger partial charge on any atom is 0.253 e. The van der Waals surface area contributed by atoms with Crippen molar-refractivity contribution in [2.24, 2.45) is 0 Å². The van der Waals surface area contributed by atoms with Crippen molar-refractivity contribution in [3.8, 4) is 5.75 Å². The standard InChI is InChI=1S/C20H23NO3/c1-24-18-7-5-6-17(14-18)19(22)15-8-10-16(11-9-15)20(23)21-12-3-2-4-13-21/h5-11,14,19,22H,2-4,12-13H2,1H3. The van der Waals surface area contributed by atoms with Gasteiger partial charge in [0.05, 0.1) is 7.11 Å². The van der Waals surface area contributed by atoms with Crippen molar-refractivity contribution in [1.82, 2.24) is 4.90 Å². The zero-order valence-electron chi connectivity index (χ0n) is 13.9. The first-order valence-corrected chi connectivity index (χ1v) is 8.40. The Hall–Kier alpha value is -2.33. The monoisotopic (exact) mass is 325 g/mol. The summed E-state index contributed by atoms with van der Waals surface area (Å²) < 4.78 is 5.20. The fourth-order valence-electron chi connectivity index (χ4n) is 3.09. The van der Waals surface area contributed by atoms with Gasteiger partial charge in [0.15, 0.2) is 0 Å². The molecule has 1 N–H and O–H groups in total. The van der Waals surface area contributed by atoms with E-state index in [2.05, 4.69) is 0 Å². The lowest BCUT2D eigenvalue weighted by atomic mass is 9.99. The van der Waals surface area contributed by atoms with Crippen molar-refractivity contribution in [2.45, 2.75) is 25.4 Å². The number of benzene rings is 2. The minimum absolute atomic E-state index is 0.0807. The first kappa shape index (κ1) is 16.5. The number of likely N-dealkylation sites (tertiary alicyclic amines) is 1. The summed E-state index contributed by atoms with van der Waals surface area (Å²) in [6, 6.07) is 14.6. The zero-order valence-corrected chi connectivity index (χ0v) is 13.9. The Morgan fingerprint density at radius 1 is 1.04 bits per heavy atom. The van der Waals surface area contributed by atoms with E-state index in [0.717, 1.165) is 37.1 Å². The number of piperidine rings is 1. The molecule has 1 amide bonds. The summed E-state index contributed by atoms with van der Waals surface area (Å²) in [4.78, 5) is 14.4. The lowest BCUT2D eigenvalue weighted by Crippen LogP contribution is -2.35. The molecule has 0 spiro atoms. The maximum atomic E-state index is 12.5. The molecule has 0 aromatic heterocycles. The van der Waals surface area contributed by atoms with Crippen LogP contribution in [0.3, 0.4) is 0 Å². The normalized spacial score (nSPS) is 15.8. The Morgan fingerprint density at radius 3 is 2.42 bits per heavy atom. The van der Waals surface area contributed by atoms with Crippen LogP contribution in [0.1, 0.15) is 46.9 Å². The van der Waals surface area contributed by atoms with Gasteiger partial charge < -0.3 is 14.7 Å². The second-order valence-corrected chi connectivity index (χ2v) is 6.15. The number of aliphatic hydroxyl groups excluding tert-OH is 1. The molecule has 0 saturated carbocycles. The summed E-state index contributed by atoms with van der Waals surface area (Å²) >= 11 is 0. The summed E-state index contributed by atoms with van der Waals surface area (Å²) in [6.07, 6.45) is 2.63. The lowest BCUT2D eigenvalue weighted by Gasteiger charge is -2.26. The highest BCUT2D eigenvalue weighted by molar-refractivity contribution is 5.94. The van der Waals surface area contributed by atoms with Crippen LogP contribution in [-0.4, -0.2) is 36.1 Å². The van der Waals surface area contributed by atoms with Crippen molar-refractivity contribution in [3.05, 3.63) is 65.2 Å². The van der Waals surface area contributed by atoms with Crippen molar-refractivity contribution >= 4 is 5.91 Å². The van der Waals surface area contributed by atoms with Crippen LogP contribution in [0.25, 0.3) is 0 Å². The molecule has 24 heavy (non-hydrogen) atoms. The molecule has 0 aliphatic carbocycles. The molecule has 1 aliphatic rings. The van der Waals surface area contributed by atoms with Crippen molar-refractivity contribution in [2.75, 3.05) is 20.2 Å². The van der Waals surface area contributed by atoms with E-state index >= 15 is 0 Å². The highest BCUT2D eigenvalue weighted by Crippen LogP contribution is 2.25. The summed E-state index contributed by atoms with van der Waals surface area (Å²) in [5.41, 5.74) is 2.21. The highest BCUT2D eigenvalue weighted by Gasteiger charge is 2.18. The fraction of sp³-hybridized carbons (Fsp3) is 0.350. The Kier molecular flexibility index (Phi) is 5.16. The van der Waals surface area contributed by atoms with Crippen LogP contribution in [0.5, 0.6) is 5.75 Å². The third kappa shape index (κ3) is 3.60. The van der Waals surface area contributed by atoms with Crippen LogP contribution in [-0.2, 0) is 0 Å². The number of carbonyl (C=O) groups excluding carboxylic acids is 1. The Balaban J connectivity index is 1.74. The fourth-order valence-corrected chi connectivity index (χ4v) is 3.09. The topological polar surface area (TPSA) is 49.8 Å². The van der Waals surface area contributed by atoms with Gasteiger partial charge in [-0.2, -0.15) is 0 Å². The number of nitrogens with zero attached hydrogens (tertiary/aromatic N) is 1. The van der Waals surface area contributed by atoms with E-state index in [9.17, 15) is 9.90 Å². The smallest absolute Gasteiger partial charge is 0.253 e. The molecule has 2 aromatic rings. The number of ether oxygens (including phenoxy) is 1. The number of hydrogen-bond acceptors (Lipinski definition) is 3. The van der Waals surface area contributed by atoms with Crippen molar-refractivity contribution < 1.29 is 14.6 Å². The molecule has 126 valence electrons. The van der Waals surface area contributed by atoms with Crippen LogP contribution in [0.15, 0.2) is 48.5 Å². The summed E-state index contributed by atoms with van der Waals surface area (Å²) in [5.74, 6) is 0.792. The van der Waals surface area contributed by atoms with E-state index in [4.69, 9.17) is 4.74 Å². The molecule has 1 atom stereocenters. The minimum atomic E-state index is -0.737. The Labute approximate surface area is 142 Å². The molecule has 1 heterocycles. The molecule has 3 rings (SSSR count). The van der Waals surface area contributed by atoms with E-state index in [0.29, 0.717) is 11.3 Å². The second kappa shape index (κ2) is 7.49. The van der Waals surface area contributed by atoms with Gasteiger partial charge in [-0.25, -0.2) is 0 Å². The summed E-state index contributed by atoms with van der Waals surface area (Å²) in [7, 11) is 1.60. The van der Waals surface area contributed by atoms with Crippen LogP contribution in [0.4, 0.5) is 0 Å². The molecule has 0 radical (unpaired) electrons.